The zero-order chi connectivity index (χ0) is 14.6. The van der Waals surface area contributed by atoms with Crippen LogP contribution < -0.4 is 0 Å². The molecule has 0 radical (unpaired) electrons. The molecular weight excluding hydrogens is 258 g/mol. The molecule has 0 spiro atoms. The first-order valence-electron chi connectivity index (χ1n) is 5.71. The van der Waals surface area contributed by atoms with E-state index in [2.05, 4.69) is 9.47 Å². The Morgan fingerprint density at radius 2 is 1.74 bits per heavy atom. The zero-order valence-corrected chi connectivity index (χ0v) is 11.3. The maximum atomic E-state index is 11.6. The second kappa shape index (κ2) is 5.98. The molecule has 8 heteroatoms. The summed E-state index contributed by atoms with van der Waals surface area (Å²) in [5.74, 6) is -2.18. The second-order valence-corrected chi connectivity index (χ2v) is 3.88. The Bertz CT molecular complexity index is 365. The molecule has 1 rings (SSSR count). The highest BCUT2D eigenvalue weighted by molar-refractivity contribution is 6.08. The second-order valence-electron chi connectivity index (χ2n) is 3.88. The van der Waals surface area contributed by atoms with E-state index in [1.807, 2.05) is 0 Å². The molecular formula is C11H17NO7. The molecule has 0 saturated carbocycles. The Morgan fingerprint density at radius 1 is 1.21 bits per heavy atom. The third kappa shape index (κ3) is 2.85. The lowest BCUT2D eigenvalue weighted by Gasteiger charge is -2.16. The highest BCUT2D eigenvalue weighted by Crippen LogP contribution is 2.36. The van der Waals surface area contributed by atoms with Crippen molar-refractivity contribution in [3.05, 3.63) is 0 Å². The van der Waals surface area contributed by atoms with Gasteiger partial charge in [0.2, 0.25) is 0 Å². The fraction of sp³-hybridized carbons (Fsp3) is 0.727. The summed E-state index contributed by atoms with van der Waals surface area (Å²) in [5, 5.41) is 1.05. The van der Waals surface area contributed by atoms with Crippen LogP contribution >= 0.6 is 0 Å². The van der Waals surface area contributed by atoms with E-state index in [1.54, 1.807) is 6.92 Å². The van der Waals surface area contributed by atoms with Crippen molar-refractivity contribution in [1.29, 1.82) is 0 Å². The van der Waals surface area contributed by atoms with Crippen LogP contribution in [0, 0.1) is 0 Å². The largest absolute Gasteiger partial charge is 0.467 e. The molecule has 0 N–H and O–H groups in total. The number of hydrogen-bond acceptors (Lipinski definition) is 8. The normalized spacial score (nSPS) is 21.2. The minimum Gasteiger partial charge on any atom is -0.467 e. The lowest BCUT2D eigenvalue weighted by atomic mass is 10.1. The maximum Gasteiger partial charge on any atom is 0.341 e. The Morgan fingerprint density at radius 3 is 2.16 bits per heavy atom. The van der Waals surface area contributed by atoms with Gasteiger partial charge in [0.05, 0.1) is 27.4 Å². The number of carbonyl (C=O) groups excluding carboxylic acids is 3. The molecule has 0 amide bonds. The average molecular weight is 275 g/mol. The summed E-state index contributed by atoms with van der Waals surface area (Å²) in [4.78, 5) is 39.8. The predicted octanol–water partition coefficient (Wildman–Crippen LogP) is -0.730. The summed E-state index contributed by atoms with van der Waals surface area (Å²) in [7, 11) is 2.30. The number of nitrogens with zero attached hydrogens (tertiary/aromatic N) is 1. The first-order chi connectivity index (χ1) is 8.93. The third-order valence-corrected chi connectivity index (χ3v) is 2.64. The van der Waals surface area contributed by atoms with E-state index in [0.717, 1.165) is 19.3 Å². The van der Waals surface area contributed by atoms with E-state index in [0.29, 0.717) is 0 Å². The van der Waals surface area contributed by atoms with Gasteiger partial charge in [-0.2, -0.15) is 5.06 Å². The molecule has 1 aliphatic heterocycles. The van der Waals surface area contributed by atoms with Crippen LogP contribution in [0.3, 0.4) is 0 Å². The van der Waals surface area contributed by atoms with Gasteiger partial charge in [0.1, 0.15) is 0 Å². The number of rotatable bonds is 6. The average Bonchev–Trinajstić information content (AvgIpc) is 3.12. The highest BCUT2D eigenvalue weighted by atomic mass is 16.7. The van der Waals surface area contributed by atoms with Gasteiger partial charge in [-0.1, -0.05) is 0 Å². The zero-order valence-electron chi connectivity index (χ0n) is 11.3. The molecule has 0 aromatic rings. The summed E-state index contributed by atoms with van der Waals surface area (Å²) < 4.78 is 13.8. The molecule has 19 heavy (non-hydrogen) atoms. The summed E-state index contributed by atoms with van der Waals surface area (Å²) in [5.41, 5.74) is -1.62. The monoisotopic (exact) mass is 275 g/mol. The van der Waals surface area contributed by atoms with Crippen LogP contribution in [0.2, 0.25) is 0 Å². The molecule has 8 nitrogen and oxygen atoms in total. The quantitative estimate of drug-likeness (QED) is 0.271. The van der Waals surface area contributed by atoms with Gasteiger partial charge in [-0.15, -0.1) is 0 Å². The minimum absolute atomic E-state index is 0.0317. The molecule has 0 aliphatic carbocycles. The van der Waals surface area contributed by atoms with E-state index >= 15 is 0 Å². The standard InChI is InChI=1S/C11H17NO7/c1-5-18-8(13)7(2)19-12-6-11(12,9(14)16-3)10(15)17-4/h7H,5-6H2,1-4H3/t7-,12?/m1/s1. The molecule has 0 aromatic heterocycles. The molecule has 0 bridgehead atoms. The van der Waals surface area contributed by atoms with E-state index in [-0.39, 0.29) is 13.2 Å². The van der Waals surface area contributed by atoms with Gasteiger partial charge in [0.25, 0.3) is 5.54 Å². The van der Waals surface area contributed by atoms with Gasteiger partial charge in [-0.05, 0) is 13.8 Å². The maximum absolute atomic E-state index is 11.6. The van der Waals surface area contributed by atoms with E-state index < -0.39 is 29.6 Å². The minimum atomic E-state index is -1.62. The van der Waals surface area contributed by atoms with Crippen LogP contribution in [0.1, 0.15) is 13.8 Å². The van der Waals surface area contributed by atoms with Crippen LogP contribution in [0.4, 0.5) is 0 Å². The lowest BCUT2D eigenvalue weighted by molar-refractivity contribution is -0.192. The smallest absolute Gasteiger partial charge is 0.341 e. The molecule has 0 aromatic carbocycles. The van der Waals surface area contributed by atoms with Gasteiger partial charge in [-0.3, -0.25) is 4.84 Å². The van der Waals surface area contributed by atoms with Gasteiger partial charge in [0, 0.05) is 0 Å². The Kier molecular flexibility index (Phi) is 4.84. The van der Waals surface area contributed by atoms with Crippen LogP contribution in [0.15, 0.2) is 0 Å². The highest BCUT2D eigenvalue weighted by Gasteiger charge is 2.69. The summed E-state index contributed by atoms with van der Waals surface area (Å²) in [6, 6.07) is 0. The first kappa shape index (κ1) is 15.4. The number of methoxy groups -OCH3 is 2. The SMILES string of the molecule is CCOC(=O)[C@@H](C)ON1CC1(C(=O)OC)C(=O)OC. The van der Waals surface area contributed by atoms with Crippen molar-refractivity contribution in [1.82, 2.24) is 5.06 Å². The molecule has 1 heterocycles. The van der Waals surface area contributed by atoms with Crippen LogP contribution in [-0.4, -0.2) is 62.0 Å². The summed E-state index contributed by atoms with van der Waals surface area (Å²) in [6.45, 7) is 3.30. The van der Waals surface area contributed by atoms with E-state index in [1.165, 1.54) is 6.92 Å². The Labute approximate surface area is 110 Å². The van der Waals surface area contributed by atoms with E-state index in [9.17, 15) is 14.4 Å². The number of esters is 3. The lowest BCUT2D eigenvalue weighted by Crippen LogP contribution is -2.41. The van der Waals surface area contributed by atoms with Gasteiger partial charge in [-0.25, -0.2) is 14.4 Å². The van der Waals surface area contributed by atoms with Crippen LogP contribution in [0.5, 0.6) is 0 Å². The van der Waals surface area contributed by atoms with Crippen molar-refractivity contribution in [2.24, 2.45) is 0 Å². The van der Waals surface area contributed by atoms with Gasteiger partial charge >= 0.3 is 17.9 Å². The van der Waals surface area contributed by atoms with Crippen molar-refractivity contribution >= 4 is 17.9 Å². The molecule has 1 aliphatic rings. The van der Waals surface area contributed by atoms with Crippen molar-refractivity contribution in [2.45, 2.75) is 25.5 Å². The molecule has 1 fully saturated rings. The van der Waals surface area contributed by atoms with Crippen molar-refractivity contribution in [3.63, 3.8) is 0 Å². The van der Waals surface area contributed by atoms with Crippen LogP contribution in [0.25, 0.3) is 0 Å². The molecule has 1 saturated heterocycles. The number of hydroxylamine groups is 2. The predicted molar refractivity (Wildman–Crippen MR) is 60.6 cm³/mol. The summed E-state index contributed by atoms with van der Waals surface area (Å²) >= 11 is 0. The third-order valence-electron chi connectivity index (χ3n) is 2.64. The molecule has 1 unspecified atom stereocenters. The first-order valence-corrected chi connectivity index (χ1v) is 5.71. The topological polar surface area (TPSA) is 91.1 Å². The van der Waals surface area contributed by atoms with E-state index in [4.69, 9.17) is 9.57 Å². The number of hydrogen-bond donors (Lipinski definition) is 0. The Hall–Kier alpha value is -1.67. The fourth-order valence-electron chi connectivity index (χ4n) is 1.55. The van der Waals surface area contributed by atoms with Gasteiger partial charge < -0.3 is 14.2 Å². The molecule has 108 valence electrons. The Balaban J connectivity index is 2.69. The van der Waals surface area contributed by atoms with Crippen molar-refractivity contribution < 1.29 is 33.4 Å². The number of ether oxygens (including phenoxy) is 3. The number of carbonyl (C=O) groups is 3. The van der Waals surface area contributed by atoms with Crippen molar-refractivity contribution in [3.8, 4) is 0 Å². The van der Waals surface area contributed by atoms with Gasteiger partial charge in [0.15, 0.2) is 6.10 Å². The van der Waals surface area contributed by atoms with Crippen LogP contribution in [-0.2, 0) is 33.4 Å². The fourth-order valence-corrected chi connectivity index (χ4v) is 1.55. The van der Waals surface area contributed by atoms with Crippen molar-refractivity contribution in [2.75, 3.05) is 27.4 Å². The summed E-state index contributed by atoms with van der Waals surface area (Å²) in [6.07, 6.45) is -0.934. The molecule has 2 atom stereocenters.